The Kier molecular flexibility index (Phi) is 4.84. The summed E-state index contributed by atoms with van der Waals surface area (Å²) in [5, 5.41) is 15.1. The third-order valence-electron chi connectivity index (χ3n) is 5.27. The number of hydrogen-bond donors (Lipinski definition) is 2. The lowest BCUT2D eigenvalue weighted by Gasteiger charge is -2.33. The molecule has 0 bridgehead atoms. The van der Waals surface area contributed by atoms with Crippen LogP contribution in [-0.2, 0) is 9.53 Å². The minimum absolute atomic E-state index is 0.0152. The summed E-state index contributed by atoms with van der Waals surface area (Å²) in [5.74, 6) is 0.647. The summed E-state index contributed by atoms with van der Waals surface area (Å²) < 4.78 is 6.43. The number of likely N-dealkylation sites (tertiary alicyclic amines) is 1. The van der Waals surface area contributed by atoms with Crippen molar-refractivity contribution in [2.45, 2.75) is 25.8 Å². The Balaban J connectivity index is 1.69. The van der Waals surface area contributed by atoms with Gasteiger partial charge in [0.1, 0.15) is 10.7 Å². The van der Waals surface area contributed by atoms with Gasteiger partial charge in [0.25, 0.3) is 0 Å². The molecule has 27 heavy (non-hydrogen) atoms. The van der Waals surface area contributed by atoms with Crippen LogP contribution in [0, 0.1) is 12.8 Å². The van der Waals surface area contributed by atoms with Crippen molar-refractivity contribution >= 4 is 22.3 Å². The van der Waals surface area contributed by atoms with Gasteiger partial charge >= 0.3 is 5.97 Å². The molecule has 7 nitrogen and oxygen atoms in total. The van der Waals surface area contributed by atoms with Gasteiger partial charge in [0.05, 0.1) is 26.1 Å². The van der Waals surface area contributed by atoms with Crippen molar-refractivity contribution in [1.82, 2.24) is 14.6 Å². The number of hydrogen-bond acceptors (Lipinski definition) is 6. The molecule has 1 aromatic carbocycles. The van der Waals surface area contributed by atoms with Crippen LogP contribution >= 0.6 is 11.3 Å². The predicted octanol–water partition coefficient (Wildman–Crippen LogP) is 1.36. The van der Waals surface area contributed by atoms with Gasteiger partial charge in [-0.1, -0.05) is 41.7 Å². The molecule has 1 fully saturated rings. The smallest absolute Gasteiger partial charge is 0.309 e. The minimum Gasteiger partial charge on any atom is -0.492 e. The number of rotatable bonds is 4. The van der Waals surface area contributed by atoms with E-state index in [1.807, 2.05) is 25.1 Å². The van der Waals surface area contributed by atoms with Gasteiger partial charge in [0.2, 0.25) is 10.8 Å². The van der Waals surface area contributed by atoms with Crippen LogP contribution in [0.1, 0.15) is 35.1 Å². The molecule has 0 aliphatic carbocycles. The lowest BCUT2D eigenvalue weighted by Crippen LogP contribution is -3.13. The number of carbonyl (C=O) groups excluding carboxylic acids is 1. The van der Waals surface area contributed by atoms with Crippen LogP contribution in [0.5, 0.6) is 5.88 Å². The molecule has 1 aliphatic rings. The number of ether oxygens (including phenoxy) is 1. The van der Waals surface area contributed by atoms with Gasteiger partial charge in [0, 0.05) is 18.4 Å². The zero-order chi connectivity index (χ0) is 19.0. The van der Waals surface area contributed by atoms with Crippen molar-refractivity contribution < 1.29 is 19.5 Å². The van der Waals surface area contributed by atoms with E-state index in [1.165, 1.54) is 27.9 Å². The number of carbonyl (C=O) groups is 1. The molecule has 4 rings (SSSR count). The summed E-state index contributed by atoms with van der Waals surface area (Å²) in [6.45, 7) is 3.49. The molecule has 142 valence electrons. The molecule has 1 atom stereocenters. The second-order valence-corrected chi connectivity index (χ2v) is 7.95. The zero-order valence-electron chi connectivity index (χ0n) is 15.4. The summed E-state index contributed by atoms with van der Waals surface area (Å²) >= 11 is 1.48. The van der Waals surface area contributed by atoms with Crippen LogP contribution < -0.4 is 4.90 Å². The maximum Gasteiger partial charge on any atom is 0.309 e. The second-order valence-electron chi connectivity index (χ2n) is 6.94. The van der Waals surface area contributed by atoms with Crippen molar-refractivity contribution in [3.63, 3.8) is 0 Å². The van der Waals surface area contributed by atoms with Crippen LogP contribution in [0.2, 0.25) is 0 Å². The third kappa shape index (κ3) is 3.30. The summed E-state index contributed by atoms with van der Waals surface area (Å²) in [4.78, 5) is 19.2. The van der Waals surface area contributed by atoms with Gasteiger partial charge in [-0.3, -0.25) is 4.79 Å². The summed E-state index contributed by atoms with van der Waals surface area (Å²) in [6.07, 6.45) is 1.57. The molecular formula is C19H23N4O3S+. The van der Waals surface area contributed by atoms with E-state index >= 15 is 0 Å². The molecular weight excluding hydrogens is 364 g/mol. The van der Waals surface area contributed by atoms with Crippen LogP contribution in [0.15, 0.2) is 30.3 Å². The number of fused-ring (bicyclic) bond motifs is 1. The van der Waals surface area contributed by atoms with Crippen molar-refractivity contribution in [1.29, 1.82) is 0 Å². The molecule has 1 aliphatic heterocycles. The fourth-order valence-electron chi connectivity index (χ4n) is 3.93. The Morgan fingerprint density at radius 1 is 1.33 bits per heavy atom. The normalized spacial score (nSPS) is 21.3. The monoisotopic (exact) mass is 387 g/mol. The average Bonchev–Trinajstić information content (AvgIpc) is 3.20. The molecule has 0 radical (unpaired) electrons. The molecule has 1 saturated heterocycles. The minimum atomic E-state index is -0.123. The first-order valence-corrected chi connectivity index (χ1v) is 9.92. The number of quaternary nitrogens is 1. The van der Waals surface area contributed by atoms with Crippen molar-refractivity contribution in [2.24, 2.45) is 5.92 Å². The van der Waals surface area contributed by atoms with Crippen LogP contribution in [0.4, 0.5) is 0 Å². The predicted molar refractivity (Wildman–Crippen MR) is 101 cm³/mol. The Labute approximate surface area is 161 Å². The maximum absolute atomic E-state index is 11.9. The van der Waals surface area contributed by atoms with Gasteiger partial charge in [-0.2, -0.15) is 4.52 Å². The molecule has 0 spiro atoms. The maximum atomic E-state index is 11.9. The second kappa shape index (κ2) is 7.28. The van der Waals surface area contributed by atoms with Crippen LogP contribution in [0.3, 0.4) is 0 Å². The van der Waals surface area contributed by atoms with E-state index in [9.17, 15) is 9.90 Å². The van der Waals surface area contributed by atoms with E-state index in [0.717, 1.165) is 36.4 Å². The fourth-order valence-corrected chi connectivity index (χ4v) is 5.12. The lowest BCUT2D eigenvalue weighted by atomic mass is 9.94. The number of aromatic hydroxyl groups is 1. The highest BCUT2D eigenvalue weighted by atomic mass is 32.1. The molecule has 2 N–H and O–H groups in total. The highest BCUT2D eigenvalue weighted by molar-refractivity contribution is 7.17. The van der Waals surface area contributed by atoms with E-state index in [4.69, 9.17) is 4.74 Å². The SMILES string of the molecule is COC(=O)C1CC[NH+]([C@H](c2ccccc2)c2sc3nc(C)nn3c2O)CC1. The number of nitrogens with one attached hydrogen (secondary N) is 1. The molecule has 0 saturated carbocycles. The summed E-state index contributed by atoms with van der Waals surface area (Å²) in [7, 11) is 1.45. The first-order chi connectivity index (χ1) is 13.1. The third-order valence-corrected chi connectivity index (χ3v) is 6.36. The molecule has 8 heteroatoms. The molecule has 2 aromatic heterocycles. The molecule has 3 aromatic rings. The number of esters is 1. The highest BCUT2D eigenvalue weighted by Crippen LogP contribution is 2.35. The number of piperidine rings is 1. The van der Waals surface area contributed by atoms with E-state index < -0.39 is 0 Å². The van der Waals surface area contributed by atoms with Crippen LogP contribution in [-0.4, -0.2) is 45.9 Å². The first kappa shape index (κ1) is 17.9. The van der Waals surface area contributed by atoms with Gasteiger partial charge in [-0.15, -0.1) is 5.10 Å². The fraction of sp³-hybridized carbons (Fsp3) is 0.421. The van der Waals surface area contributed by atoms with Gasteiger partial charge in [-0.25, -0.2) is 4.98 Å². The van der Waals surface area contributed by atoms with Gasteiger partial charge < -0.3 is 14.7 Å². The average molecular weight is 387 g/mol. The molecule has 0 unspecified atom stereocenters. The number of nitrogens with zero attached hydrogens (tertiary/aromatic N) is 3. The van der Waals surface area contributed by atoms with Gasteiger partial charge in [-0.05, 0) is 6.92 Å². The van der Waals surface area contributed by atoms with Gasteiger partial charge in [0.15, 0.2) is 6.04 Å². The Morgan fingerprint density at radius 2 is 2.04 bits per heavy atom. The lowest BCUT2D eigenvalue weighted by molar-refractivity contribution is -0.930. The van der Waals surface area contributed by atoms with Crippen molar-refractivity contribution in [2.75, 3.05) is 20.2 Å². The number of benzene rings is 1. The van der Waals surface area contributed by atoms with E-state index in [-0.39, 0.29) is 23.8 Å². The Hall–Kier alpha value is -2.45. The number of aryl methyl sites for hydroxylation is 1. The number of methoxy groups -OCH3 is 1. The Morgan fingerprint density at radius 3 is 2.67 bits per heavy atom. The summed E-state index contributed by atoms with van der Waals surface area (Å²) in [5.41, 5.74) is 1.14. The van der Waals surface area contributed by atoms with E-state index in [0.29, 0.717) is 10.8 Å². The highest BCUT2D eigenvalue weighted by Gasteiger charge is 2.37. The van der Waals surface area contributed by atoms with Crippen LogP contribution in [0.25, 0.3) is 4.96 Å². The standard InChI is InChI=1S/C19H22N4O3S/c1-12-20-19-23(21-12)17(24)16(27-19)15(13-6-4-3-5-7-13)22-10-8-14(9-11-22)18(25)26-2/h3-7,14-15,24H,8-11H2,1-2H3/p+1/t15-/m1/s1. The summed E-state index contributed by atoms with van der Waals surface area (Å²) in [6, 6.07) is 10.2. The quantitative estimate of drug-likeness (QED) is 0.661. The Bertz CT molecular complexity index is 945. The molecule has 0 amide bonds. The van der Waals surface area contributed by atoms with E-state index in [2.05, 4.69) is 22.2 Å². The van der Waals surface area contributed by atoms with E-state index in [1.54, 1.807) is 0 Å². The first-order valence-electron chi connectivity index (χ1n) is 9.11. The van der Waals surface area contributed by atoms with Crippen molar-refractivity contribution in [3.8, 4) is 5.88 Å². The topological polar surface area (TPSA) is 81.2 Å². The largest absolute Gasteiger partial charge is 0.492 e. The van der Waals surface area contributed by atoms with Crippen molar-refractivity contribution in [3.05, 3.63) is 46.6 Å². The zero-order valence-corrected chi connectivity index (χ0v) is 16.2. The molecule has 3 heterocycles. The number of aromatic nitrogens is 3. The number of thiazole rings is 1.